The van der Waals surface area contributed by atoms with E-state index >= 15 is 0 Å². The Morgan fingerprint density at radius 1 is 1.12 bits per heavy atom. The molecular weight excluding hydrogens is 590 g/mol. The molecule has 1 aromatic heterocycles. The zero-order valence-corrected chi connectivity index (χ0v) is 26.6. The van der Waals surface area contributed by atoms with Crippen molar-refractivity contribution >= 4 is 44.8 Å². The second-order valence-corrected chi connectivity index (χ2v) is 15.4. The number of halogens is 1. The number of benzene rings is 1. The highest BCUT2D eigenvalue weighted by molar-refractivity contribution is 7.92. The van der Waals surface area contributed by atoms with E-state index in [4.69, 9.17) is 16.3 Å². The number of hydrogen-bond donors (Lipinski definition) is 3. The number of hydrazine groups is 1. The van der Waals surface area contributed by atoms with Crippen molar-refractivity contribution in [2.24, 2.45) is 5.92 Å². The molecule has 2 aromatic rings. The Kier molecular flexibility index (Phi) is 8.20. The fourth-order valence-electron chi connectivity index (χ4n) is 5.66. The normalized spacial score (nSPS) is 21.3. The lowest BCUT2D eigenvalue weighted by Crippen LogP contribution is -2.43. The summed E-state index contributed by atoms with van der Waals surface area (Å²) in [6.45, 7) is 7.01. The van der Waals surface area contributed by atoms with Gasteiger partial charge in [-0.15, -0.1) is 0 Å². The molecule has 1 atom stereocenters. The summed E-state index contributed by atoms with van der Waals surface area (Å²) in [6.07, 6.45) is 9.35. The van der Waals surface area contributed by atoms with Gasteiger partial charge in [-0.3, -0.25) is 4.79 Å². The molecule has 1 saturated heterocycles. The zero-order chi connectivity index (χ0) is 30.5. The number of anilines is 3. The Labute approximate surface area is 258 Å². The molecule has 3 fully saturated rings. The molecule has 6 rings (SSSR count). The van der Waals surface area contributed by atoms with E-state index in [-0.39, 0.29) is 22.9 Å². The minimum atomic E-state index is -3.51. The first-order valence-electron chi connectivity index (χ1n) is 15.1. The average Bonchev–Trinajstić information content (AvgIpc) is 3.91. The van der Waals surface area contributed by atoms with Crippen molar-refractivity contribution in [2.75, 3.05) is 30.8 Å². The molecule has 4 aliphatic rings. The maximum atomic E-state index is 13.0. The van der Waals surface area contributed by atoms with Crippen LogP contribution in [0.2, 0.25) is 5.02 Å². The van der Waals surface area contributed by atoms with Crippen LogP contribution in [0.5, 0.6) is 5.75 Å². The number of piperidine rings is 1. The molecule has 0 spiro atoms. The maximum absolute atomic E-state index is 13.0. The maximum Gasteiger partial charge on any atom is 0.229 e. The van der Waals surface area contributed by atoms with Gasteiger partial charge < -0.3 is 25.3 Å². The van der Waals surface area contributed by atoms with Crippen LogP contribution in [-0.2, 0) is 14.6 Å². The molecule has 13 heteroatoms. The van der Waals surface area contributed by atoms with Crippen LogP contribution < -0.4 is 20.8 Å². The van der Waals surface area contributed by atoms with Crippen molar-refractivity contribution in [1.29, 1.82) is 0 Å². The van der Waals surface area contributed by atoms with Gasteiger partial charge in [0.2, 0.25) is 11.9 Å². The third-order valence-corrected chi connectivity index (χ3v) is 11.1. The number of sulfone groups is 1. The quantitative estimate of drug-likeness (QED) is 0.340. The number of likely N-dealkylation sites (tertiary alicyclic amines) is 1. The van der Waals surface area contributed by atoms with Crippen molar-refractivity contribution in [3.63, 3.8) is 0 Å². The van der Waals surface area contributed by atoms with Crippen molar-refractivity contribution in [3.8, 4) is 5.75 Å². The first kappa shape index (κ1) is 30.0. The van der Waals surface area contributed by atoms with Gasteiger partial charge >= 0.3 is 0 Å². The van der Waals surface area contributed by atoms with Gasteiger partial charge in [0.05, 0.1) is 28.9 Å². The van der Waals surface area contributed by atoms with Crippen LogP contribution in [-0.4, -0.2) is 71.1 Å². The summed E-state index contributed by atoms with van der Waals surface area (Å²) in [4.78, 5) is 23.6. The van der Waals surface area contributed by atoms with Crippen molar-refractivity contribution in [3.05, 3.63) is 46.4 Å². The molecule has 3 N–H and O–H groups in total. The Morgan fingerprint density at radius 2 is 1.84 bits per heavy atom. The smallest absolute Gasteiger partial charge is 0.229 e. The molecule has 11 nitrogen and oxygen atoms in total. The van der Waals surface area contributed by atoms with E-state index in [2.05, 4.69) is 45.1 Å². The van der Waals surface area contributed by atoms with Crippen molar-refractivity contribution in [1.82, 2.24) is 25.3 Å². The van der Waals surface area contributed by atoms with E-state index in [0.717, 1.165) is 68.6 Å². The Balaban J connectivity index is 1.21. The van der Waals surface area contributed by atoms with Crippen molar-refractivity contribution < 1.29 is 17.9 Å². The molecule has 2 aliphatic carbocycles. The molecule has 2 saturated carbocycles. The highest BCUT2D eigenvalue weighted by Crippen LogP contribution is 2.41. The van der Waals surface area contributed by atoms with Crippen LogP contribution >= 0.6 is 11.6 Å². The predicted octanol–water partition coefficient (Wildman–Crippen LogP) is 4.69. The number of ether oxygens (including phenoxy) is 1. The van der Waals surface area contributed by atoms with Crippen LogP contribution in [0.15, 0.2) is 30.2 Å². The summed E-state index contributed by atoms with van der Waals surface area (Å²) in [7, 11) is -1.78. The van der Waals surface area contributed by atoms with Gasteiger partial charge in [0.1, 0.15) is 10.8 Å². The molecule has 1 amide bonds. The summed E-state index contributed by atoms with van der Waals surface area (Å²) in [5, 5.41) is 6.76. The number of aromatic nitrogens is 2. The minimum absolute atomic E-state index is 0.191. The lowest BCUT2D eigenvalue weighted by Gasteiger charge is -2.33. The molecule has 232 valence electrons. The third-order valence-electron chi connectivity index (χ3n) is 8.53. The number of carbonyl (C=O) groups is 1. The van der Waals surface area contributed by atoms with Gasteiger partial charge in [0, 0.05) is 32.3 Å². The first-order valence-corrected chi connectivity index (χ1v) is 17.1. The Hall–Kier alpha value is -3.09. The van der Waals surface area contributed by atoms with Gasteiger partial charge in [0.25, 0.3) is 0 Å². The minimum Gasteiger partial charge on any atom is -0.488 e. The van der Waals surface area contributed by atoms with Gasteiger partial charge in [-0.05, 0) is 88.5 Å². The number of hydrogen-bond acceptors (Lipinski definition) is 10. The molecule has 3 heterocycles. The molecule has 0 radical (unpaired) electrons. The highest BCUT2D eigenvalue weighted by Gasteiger charge is 2.37. The van der Waals surface area contributed by atoms with Crippen LogP contribution in [0.3, 0.4) is 0 Å². The summed E-state index contributed by atoms with van der Waals surface area (Å²) in [5.74, 6) is 2.29. The topological polar surface area (TPSA) is 129 Å². The van der Waals surface area contributed by atoms with E-state index in [0.29, 0.717) is 23.5 Å². The van der Waals surface area contributed by atoms with Crippen molar-refractivity contribution in [2.45, 2.75) is 81.9 Å². The number of nitrogens with one attached hydrogen (secondary N) is 3. The monoisotopic (exact) mass is 629 g/mol. The summed E-state index contributed by atoms with van der Waals surface area (Å²) in [5.41, 5.74) is 6.52. The summed E-state index contributed by atoms with van der Waals surface area (Å²) < 4.78 is 32.3. The predicted molar refractivity (Wildman–Crippen MR) is 167 cm³/mol. The number of aryl methyl sites for hydroxylation is 1. The molecular formula is C30H40ClN7O4S. The summed E-state index contributed by atoms with van der Waals surface area (Å²) in [6, 6.07) is 4.21. The average molecular weight is 630 g/mol. The largest absolute Gasteiger partial charge is 0.488 e. The molecule has 1 unspecified atom stereocenters. The van der Waals surface area contributed by atoms with E-state index in [9.17, 15) is 13.2 Å². The van der Waals surface area contributed by atoms with E-state index in [1.165, 1.54) is 11.8 Å². The van der Waals surface area contributed by atoms with Crippen LogP contribution in [0.25, 0.3) is 0 Å². The van der Waals surface area contributed by atoms with Gasteiger partial charge in [-0.1, -0.05) is 11.6 Å². The van der Waals surface area contributed by atoms with Crippen LogP contribution in [0.1, 0.15) is 69.4 Å². The molecule has 1 aromatic carbocycles. The van der Waals surface area contributed by atoms with Crippen LogP contribution in [0, 0.1) is 12.8 Å². The second-order valence-electron chi connectivity index (χ2n) is 12.4. The zero-order valence-electron chi connectivity index (χ0n) is 25.1. The number of amides is 1. The van der Waals surface area contributed by atoms with E-state index < -0.39 is 20.5 Å². The lowest BCUT2D eigenvalue weighted by atomic mass is 9.86. The number of nitrogens with zero attached hydrogens (tertiary/aromatic N) is 4. The van der Waals surface area contributed by atoms with Gasteiger partial charge in [-0.25, -0.2) is 18.8 Å². The van der Waals surface area contributed by atoms with E-state index in [1.54, 1.807) is 32.1 Å². The fourth-order valence-corrected chi connectivity index (χ4v) is 7.13. The number of rotatable bonds is 10. The summed E-state index contributed by atoms with van der Waals surface area (Å²) >= 11 is 6.45. The standard InChI is InChI=1S/C30H40ClN7O4S/c1-17(2)43(40,41)28-25(16-37(4)36-28)33-27-23(31)15-32-30(35-27)34-24-13-18(3)22(14-26(24)42-21-7-8-21)19-9-11-38(12-10-19)29(39)20-5-6-20/h13-17,19-21,28,36H,5-12H2,1-4H3,(H2,32,33,34,35). The fraction of sp³-hybridized carbons (Fsp3) is 0.567. The SMILES string of the molecule is Cc1cc(Nc2ncc(Cl)c(NC3=CN(C)NC3S(=O)(=O)C(C)C)n2)c(OC2CC2)cc1C1CCN(C(=O)C2CC2)CC1. The molecule has 2 aliphatic heterocycles. The highest BCUT2D eigenvalue weighted by atomic mass is 35.5. The van der Waals surface area contributed by atoms with E-state index in [1.807, 2.05) is 4.90 Å². The first-order chi connectivity index (χ1) is 20.5. The third kappa shape index (κ3) is 6.56. The van der Waals surface area contributed by atoms with Crippen LogP contribution in [0.4, 0.5) is 17.5 Å². The molecule has 43 heavy (non-hydrogen) atoms. The van der Waals surface area contributed by atoms with Gasteiger partial charge in [-0.2, -0.15) is 4.98 Å². The Bertz CT molecular complexity index is 1530. The Morgan fingerprint density at radius 3 is 2.49 bits per heavy atom. The molecule has 0 bridgehead atoms. The number of carbonyl (C=O) groups excluding carboxylic acids is 1. The lowest BCUT2D eigenvalue weighted by molar-refractivity contribution is -0.133. The van der Waals surface area contributed by atoms with Gasteiger partial charge in [0.15, 0.2) is 21.0 Å². The second kappa shape index (κ2) is 11.8.